The predicted octanol–water partition coefficient (Wildman–Crippen LogP) is 1.46. The van der Waals surface area contributed by atoms with E-state index in [2.05, 4.69) is 4.36 Å². The third kappa shape index (κ3) is 2.95. The van der Waals surface area contributed by atoms with Gasteiger partial charge in [-0.05, 0) is 21.5 Å². The molecule has 0 radical (unpaired) electrons. The van der Waals surface area contributed by atoms with Gasteiger partial charge in [-0.2, -0.15) is 4.36 Å². The van der Waals surface area contributed by atoms with E-state index in [9.17, 15) is 4.79 Å². The molecule has 0 aliphatic carbocycles. The summed E-state index contributed by atoms with van der Waals surface area (Å²) in [5.74, 6) is 0. The van der Waals surface area contributed by atoms with E-state index >= 15 is 0 Å². The van der Waals surface area contributed by atoms with Crippen molar-refractivity contribution < 1.29 is 4.79 Å². The van der Waals surface area contributed by atoms with Crippen LogP contribution < -0.4 is 5.73 Å². The molecule has 1 aliphatic heterocycles. The maximum atomic E-state index is 10.4. The van der Waals surface area contributed by atoms with Crippen molar-refractivity contribution in [2.45, 2.75) is 0 Å². The molecule has 0 saturated heterocycles. The van der Waals surface area contributed by atoms with Crippen LogP contribution in [0.25, 0.3) is 0 Å². The van der Waals surface area contributed by atoms with Gasteiger partial charge in [-0.25, -0.2) is 4.79 Å². The highest BCUT2D eigenvalue weighted by Crippen LogP contribution is 1.99. The minimum Gasteiger partial charge on any atom is -0.349 e. The first-order chi connectivity index (χ1) is 5.29. The molecule has 1 heterocycles. The number of hydrogen-bond acceptors (Lipinski definition) is 1. The van der Waals surface area contributed by atoms with Crippen LogP contribution in [0, 0.1) is 0 Å². The second kappa shape index (κ2) is 3.88. The third-order valence-corrected chi connectivity index (χ3v) is 2.23. The van der Waals surface area contributed by atoms with Gasteiger partial charge in [0.2, 0.25) is 0 Å². The molecule has 0 spiro atoms. The van der Waals surface area contributed by atoms with Gasteiger partial charge in [-0.3, -0.25) is 0 Å². The van der Waals surface area contributed by atoms with Gasteiger partial charge in [-0.15, -0.1) is 0 Å². The summed E-state index contributed by atoms with van der Waals surface area (Å²) in [5, 5.41) is 3.65. The molecule has 58 valence electrons. The van der Waals surface area contributed by atoms with E-state index in [-0.39, 0.29) is 0 Å². The van der Waals surface area contributed by atoms with Gasteiger partial charge in [0, 0.05) is 0 Å². The highest BCUT2D eigenvalue weighted by Gasteiger charge is 1.89. The molecule has 11 heavy (non-hydrogen) atoms. The molecule has 0 unspecified atom stereocenters. The second-order valence-corrected chi connectivity index (χ2v) is 3.24. The van der Waals surface area contributed by atoms with Crippen molar-refractivity contribution in [3.63, 3.8) is 0 Å². The summed E-state index contributed by atoms with van der Waals surface area (Å²) in [6, 6.07) is -0.621. The summed E-state index contributed by atoms with van der Waals surface area (Å²) >= 11 is 0. The quantitative estimate of drug-likeness (QED) is 0.585. The first-order valence-corrected chi connectivity index (χ1v) is 4.35. The van der Waals surface area contributed by atoms with Crippen molar-refractivity contribution in [3.05, 3.63) is 35.1 Å². The van der Waals surface area contributed by atoms with Gasteiger partial charge in [0.25, 0.3) is 0 Å². The Labute approximate surface area is 67.4 Å². The number of amides is 2. The molecular formula is C7H8N2OS. The third-order valence-electron chi connectivity index (χ3n) is 0.965. The normalized spacial score (nSPS) is 16.4. The molecule has 1 rings (SSSR count). The highest BCUT2D eigenvalue weighted by atomic mass is 32.2. The largest absolute Gasteiger partial charge is 0.349 e. The van der Waals surface area contributed by atoms with Crippen molar-refractivity contribution in [1.29, 1.82) is 0 Å². The van der Waals surface area contributed by atoms with Crippen LogP contribution in [0.2, 0.25) is 0 Å². The minimum atomic E-state index is -0.621. The fraction of sp³-hybridized carbons (Fsp3) is 0. The minimum absolute atomic E-state index is 0.465. The summed E-state index contributed by atoms with van der Waals surface area (Å²) in [6.07, 6.45) is 7.44. The van der Waals surface area contributed by atoms with E-state index in [4.69, 9.17) is 5.73 Å². The van der Waals surface area contributed by atoms with Gasteiger partial charge in [-0.1, -0.05) is 24.3 Å². The van der Waals surface area contributed by atoms with E-state index < -0.39 is 16.7 Å². The maximum Gasteiger partial charge on any atom is 0.344 e. The van der Waals surface area contributed by atoms with Crippen LogP contribution in [0.3, 0.4) is 0 Å². The number of carbonyl (C=O) groups is 1. The lowest BCUT2D eigenvalue weighted by Crippen LogP contribution is -2.04. The van der Waals surface area contributed by atoms with Crippen molar-refractivity contribution in [3.8, 4) is 0 Å². The Kier molecular flexibility index (Phi) is 2.80. The Hall–Kier alpha value is -1.16. The zero-order chi connectivity index (χ0) is 8.10. The molecule has 0 saturated carbocycles. The summed E-state index contributed by atoms with van der Waals surface area (Å²) in [4.78, 5) is 10.4. The van der Waals surface area contributed by atoms with Gasteiger partial charge >= 0.3 is 6.03 Å². The Balaban J connectivity index is 2.82. The molecule has 0 aromatic heterocycles. The number of primary amides is 1. The standard InChI is InChI=1S/C7H8N2OS/c8-7(10)9-11-5-3-1-2-4-6-11/h1-6H,(H2,8,10). The molecule has 2 N–H and O–H groups in total. The number of hydrogen-bond donors (Lipinski definition) is 1. The van der Waals surface area contributed by atoms with Gasteiger partial charge in [0.05, 0.1) is 0 Å². The second-order valence-electron chi connectivity index (χ2n) is 1.82. The first kappa shape index (κ1) is 7.94. The van der Waals surface area contributed by atoms with Crippen LogP contribution in [0.1, 0.15) is 0 Å². The molecule has 0 aromatic carbocycles. The number of allylic oxidation sites excluding steroid dienone is 4. The lowest BCUT2D eigenvalue weighted by molar-refractivity contribution is 0.257. The number of urea groups is 1. The molecule has 0 aromatic rings. The van der Waals surface area contributed by atoms with Crippen LogP contribution in [0.5, 0.6) is 0 Å². The Morgan fingerprint density at radius 3 is 2.18 bits per heavy atom. The van der Waals surface area contributed by atoms with Crippen LogP contribution in [0.4, 0.5) is 4.79 Å². The molecule has 0 bridgehead atoms. The monoisotopic (exact) mass is 168 g/mol. The van der Waals surface area contributed by atoms with Crippen molar-refractivity contribution >= 4 is 16.7 Å². The van der Waals surface area contributed by atoms with Crippen LogP contribution >= 0.6 is 0 Å². The predicted molar refractivity (Wildman–Crippen MR) is 46.8 cm³/mol. The zero-order valence-electron chi connectivity index (χ0n) is 5.81. The highest BCUT2D eigenvalue weighted by molar-refractivity contribution is 7.93. The van der Waals surface area contributed by atoms with Crippen LogP contribution in [-0.4, -0.2) is 6.03 Å². The topological polar surface area (TPSA) is 55.5 Å². The zero-order valence-corrected chi connectivity index (χ0v) is 6.62. The Bertz CT molecular complexity index is 258. The van der Waals surface area contributed by atoms with Gasteiger partial charge in [0.1, 0.15) is 0 Å². The lowest BCUT2D eigenvalue weighted by Gasteiger charge is -1.88. The van der Waals surface area contributed by atoms with Crippen LogP contribution in [0.15, 0.2) is 39.5 Å². The summed E-state index contributed by atoms with van der Waals surface area (Å²) in [7, 11) is -0.465. The number of nitrogens with two attached hydrogens (primary N) is 1. The van der Waals surface area contributed by atoms with Crippen molar-refractivity contribution in [2.24, 2.45) is 10.1 Å². The SMILES string of the molecule is NC(=O)N=S1C=CC=CC=C1. The fourth-order valence-corrected chi connectivity index (χ4v) is 1.51. The number of carbonyl (C=O) groups excluding carboxylic acids is 1. The van der Waals surface area contributed by atoms with Crippen LogP contribution in [-0.2, 0) is 10.7 Å². The van der Waals surface area contributed by atoms with E-state index in [1.807, 2.05) is 35.1 Å². The van der Waals surface area contributed by atoms with E-state index in [0.717, 1.165) is 0 Å². The van der Waals surface area contributed by atoms with Gasteiger partial charge < -0.3 is 5.73 Å². The molecule has 4 heteroatoms. The molecule has 0 fully saturated rings. The van der Waals surface area contributed by atoms with Crippen molar-refractivity contribution in [2.75, 3.05) is 0 Å². The number of nitrogens with zero attached hydrogens (tertiary/aromatic N) is 1. The summed E-state index contributed by atoms with van der Waals surface area (Å²) < 4.78 is 3.65. The molecule has 1 aliphatic rings. The lowest BCUT2D eigenvalue weighted by atomic mass is 10.5. The Morgan fingerprint density at radius 2 is 1.73 bits per heavy atom. The fourth-order valence-electron chi connectivity index (χ4n) is 0.590. The molecule has 0 atom stereocenters. The average Bonchev–Trinajstić information content (AvgIpc) is 2.14. The smallest absolute Gasteiger partial charge is 0.344 e. The summed E-state index contributed by atoms with van der Waals surface area (Å²) in [6.45, 7) is 0. The van der Waals surface area contributed by atoms with E-state index in [1.54, 1.807) is 0 Å². The van der Waals surface area contributed by atoms with E-state index in [0.29, 0.717) is 0 Å². The average molecular weight is 168 g/mol. The molecule has 2 amide bonds. The maximum absolute atomic E-state index is 10.4. The summed E-state index contributed by atoms with van der Waals surface area (Å²) in [5.41, 5.74) is 4.89. The van der Waals surface area contributed by atoms with Crippen molar-refractivity contribution in [1.82, 2.24) is 0 Å². The Morgan fingerprint density at radius 1 is 1.18 bits per heavy atom. The van der Waals surface area contributed by atoms with Gasteiger partial charge in [0.15, 0.2) is 0 Å². The van der Waals surface area contributed by atoms with E-state index in [1.165, 1.54) is 0 Å². The first-order valence-electron chi connectivity index (χ1n) is 3.04. The molecule has 3 nitrogen and oxygen atoms in total. The number of rotatable bonds is 0. The molecular weight excluding hydrogens is 160 g/mol.